The van der Waals surface area contributed by atoms with Gasteiger partial charge in [0.05, 0.1) is 5.66 Å². The molecule has 1 unspecified atom stereocenters. The second-order valence-corrected chi connectivity index (χ2v) is 9.91. The molecule has 1 fully saturated rings. The van der Waals surface area contributed by atoms with Gasteiger partial charge >= 0.3 is 0 Å². The summed E-state index contributed by atoms with van der Waals surface area (Å²) in [5.41, 5.74) is 5.50. The Morgan fingerprint density at radius 2 is 1.36 bits per heavy atom. The predicted molar refractivity (Wildman–Crippen MR) is 102 cm³/mol. The summed E-state index contributed by atoms with van der Waals surface area (Å²) in [7, 11) is -1.46. The van der Waals surface area contributed by atoms with Gasteiger partial charge in [-0.15, -0.1) is 0 Å². The normalized spacial score (nSPS) is 17.2. The fourth-order valence-electron chi connectivity index (χ4n) is 3.59. The first-order valence-corrected chi connectivity index (χ1v) is 10.7. The van der Waals surface area contributed by atoms with Crippen molar-refractivity contribution in [3.05, 3.63) is 60.7 Å². The summed E-state index contributed by atoms with van der Waals surface area (Å²) in [5, 5.41) is 2.70. The number of benzene rings is 2. The zero-order chi connectivity index (χ0) is 17.9. The maximum absolute atomic E-state index is 12.1. The van der Waals surface area contributed by atoms with Crippen molar-refractivity contribution in [3.63, 3.8) is 0 Å². The topological polar surface area (TPSA) is 63.4 Å². The Hall–Kier alpha value is -2.24. The maximum Gasteiger partial charge on any atom is 0.231 e. The molecule has 2 aromatic carbocycles. The molecule has 25 heavy (non-hydrogen) atoms. The van der Waals surface area contributed by atoms with E-state index in [9.17, 15) is 9.59 Å². The van der Waals surface area contributed by atoms with Gasteiger partial charge < -0.3 is 5.73 Å². The third-order valence-electron chi connectivity index (χ3n) is 4.91. The van der Waals surface area contributed by atoms with Crippen molar-refractivity contribution >= 4 is 31.0 Å². The SMILES string of the molecule is CC(N)(CC[SiH](c1ccccc1)c1ccccc1)N1C(=O)CCC1=O. The molecular formula is C20H24N2O2Si. The van der Waals surface area contributed by atoms with Gasteiger partial charge in [0, 0.05) is 12.8 Å². The molecule has 2 amide bonds. The molecule has 2 N–H and O–H groups in total. The molecule has 2 aromatic rings. The van der Waals surface area contributed by atoms with Crippen molar-refractivity contribution < 1.29 is 9.59 Å². The minimum absolute atomic E-state index is 0.146. The largest absolute Gasteiger partial charge is 0.308 e. The average molecular weight is 353 g/mol. The number of imide groups is 1. The van der Waals surface area contributed by atoms with Crippen LogP contribution >= 0.6 is 0 Å². The van der Waals surface area contributed by atoms with Crippen LogP contribution in [0, 0.1) is 0 Å². The Bertz CT molecular complexity index is 691. The van der Waals surface area contributed by atoms with Crippen LogP contribution in [0.3, 0.4) is 0 Å². The minimum Gasteiger partial charge on any atom is -0.308 e. The monoisotopic (exact) mass is 352 g/mol. The Morgan fingerprint density at radius 1 is 0.920 bits per heavy atom. The van der Waals surface area contributed by atoms with Gasteiger partial charge in [-0.1, -0.05) is 71.0 Å². The van der Waals surface area contributed by atoms with Crippen LogP contribution in [0.1, 0.15) is 26.2 Å². The lowest BCUT2D eigenvalue weighted by molar-refractivity contribution is -0.145. The fraction of sp³-hybridized carbons (Fsp3) is 0.300. The Balaban J connectivity index is 1.81. The standard InChI is InChI=1S/C20H24N2O2Si/c1-20(21,22-18(23)12-13-19(22)24)14-15-25(16-8-4-2-5-9-16)17-10-6-3-7-11-17/h2-11,25H,12-15,21H2,1H3. The molecular weight excluding hydrogens is 328 g/mol. The summed E-state index contributed by atoms with van der Waals surface area (Å²) in [4.78, 5) is 25.4. The molecule has 0 aromatic heterocycles. The molecule has 0 radical (unpaired) electrons. The molecule has 3 rings (SSSR count). The van der Waals surface area contributed by atoms with Gasteiger partial charge in [0.1, 0.15) is 8.80 Å². The number of likely N-dealkylation sites (tertiary alicyclic amines) is 1. The van der Waals surface area contributed by atoms with E-state index < -0.39 is 14.5 Å². The number of carbonyl (C=O) groups excluding carboxylic acids is 2. The first-order valence-electron chi connectivity index (χ1n) is 8.74. The molecule has 0 spiro atoms. The highest BCUT2D eigenvalue weighted by Gasteiger charge is 2.40. The van der Waals surface area contributed by atoms with Crippen molar-refractivity contribution in [1.29, 1.82) is 0 Å². The summed E-state index contributed by atoms with van der Waals surface area (Å²) in [6, 6.07) is 21.9. The van der Waals surface area contributed by atoms with Crippen LogP contribution in [0.5, 0.6) is 0 Å². The number of nitrogens with two attached hydrogens (primary N) is 1. The van der Waals surface area contributed by atoms with E-state index in [-0.39, 0.29) is 24.7 Å². The molecule has 1 saturated heterocycles. The van der Waals surface area contributed by atoms with Crippen LogP contribution in [0.15, 0.2) is 60.7 Å². The average Bonchev–Trinajstić information content (AvgIpc) is 2.96. The van der Waals surface area contributed by atoms with Crippen molar-refractivity contribution in [3.8, 4) is 0 Å². The lowest BCUT2D eigenvalue weighted by Crippen LogP contribution is -2.57. The van der Waals surface area contributed by atoms with E-state index in [1.54, 1.807) is 6.92 Å². The van der Waals surface area contributed by atoms with E-state index in [0.717, 1.165) is 6.04 Å². The molecule has 0 bridgehead atoms. The van der Waals surface area contributed by atoms with Crippen molar-refractivity contribution in [2.75, 3.05) is 0 Å². The van der Waals surface area contributed by atoms with E-state index in [1.807, 2.05) is 12.1 Å². The van der Waals surface area contributed by atoms with Crippen LogP contribution in [-0.2, 0) is 9.59 Å². The maximum atomic E-state index is 12.1. The molecule has 1 heterocycles. The van der Waals surface area contributed by atoms with Gasteiger partial charge in [-0.2, -0.15) is 0 Å². The van der Waals surface area contributed by atoms with Crippen LogP contribution in [0.2, 0.25) is 6.04 Å². The highest BCUT2D eigenvalue weighted by molar-refractivity contribution is 6.85. The Kier molecular flexibility index (Phi) is 5.15. The smallest absolute Gasteiger partial charge is 0.231 e. The molecule has 1 aliphatic heterocycles. The third-order valence-corrected chi connectivity index (χ3v) is 8.15. The first kappa shape index (κ1) is 17.6. The molecule has 5 heteroatoms. The number of carbonyl (C=O) groups is 2. The van der Waals surface area contributed by atoms with Crippen LogP contribution in [0.4, 0.5) is 0 Å². The number of nitrogens with zero attached hydrogens (tertiary/aromatic N) is 1. The number of amides is 2. The van der Waals surface area contributed by atoms with Crippen LogP contribution in [-0.4, -0.2) is 31.2 Å². The first-order chi connectivity index (χ1) is 12.0. The number of hydrogen-bond donors (Lipinski definition) is 1. The molecule has 1 aliphatic rings. The fourth-order valence-corrected chi connectivity index (χ4v) is 6.89. The van der Waals surface area contributed by atoms with Crippen LogP contribution in [0.25, 0.3) is 0 Å². The lowest BCUT2D eigenvalue weighted by Gasteiger charge is -2.34. The second-order valence-electron chi connectivity index (χ2n) is 6.89. The summed E-state index contributed by atoms with van der Waals surface area (Å²) in [6.07, 6.45) is 1.18. The van der Waals surface area contributed by atoms with E-state index in [2.05, 4.69) is 48.5 Å². The van der Waals surface area contributed by atoms with Gasteiger partial charge in [0.15, 0.2) is 0 Å². The van der Waals surface area contributed by atoms with Gasteiger partial charge in [-0.25, -0.2) is 0 Å². The summed E-state index contributed by atoms with van der Waals surface area (Å²) >= 11 is 0. The lowest BCUT2D eigenvalue weighted by atomic mass is 10.1. The second kappa shape index (κ2) is 7.33. The Morgan fingerprint density at radius 3 is 1.80 bits per heavy atom. The summed E-state index contributed by atoms with van der Waals surface area (Å²) in [6.45, 7) is 1.80. The zero-order valence-corrected chi connectivity index (χ0v) is 15.7. The predicted octanol–water partition coefficient (Wildman–Crippen LogP) is 1.24. The third kappa shape index (κ3) is 3.88. The molecule has 130 valence electrons. The zero-order valence-electron chi connectivity index (χ0n) is 14.5. The van der Waals surface area contributed by atoms with E-state index in [1.165, 1.54) is 15.3 Å². The van der Waals surface area contributed by atoms with Crippen molar-refractivity contribution in [1.82, 2.24) is 4.90 Å². The van der Waals surface area contributed by atoms with Crippen molar-refractivity contribution in [2.45, 2.75) is 37.9 Å². The highest BCUT2D eigenvalue weighted by Crippen LogP contribution is 2.24. The van der Waals surface area contributed by atoms with E-state index in [0.29, 0.717) is 6.42 Å². The summed E-state index contributed by atoms with van der Waals surface area (Å²) in [5.74, 6) is -0.291. The van der Waals surface area contributed by atoms with Gasteiger partial charge in [-0.05, 0) is 19.4 Å². The molecule has 0 aliphatic carbocycles. The summed E-state index contributed by atoms with van der Waals surface area (Å²) < 4.78 is 0. The van der Waals surface area contributed by atoms with Crippen molar-refractivity contribution in [2.24, 2.45) is 5.73 Å². The highest BCUT2D eigenvalue weighted by atomic mass is 28.3. The number of rotatable bonds is 6. The Labute approximate surface area is 150 Å². The quantitative estimate of drug-likeness (QED) is 0.628. The number of hydrogen-bond acceptors (Lipinski definition) is 3. The molecule has 0 saturated carbocycles. The van der Waals surface area contributed by atoms with Crippen LogP contribution < -0.4 is 16.1 Å². The van der Waals surface area contributed by atoms with E-state index in [4.69, 9.17) is 5.73 Å². The molecule has 1 atom stereocenters. The van der Waals surface area contributed by atoms with Gasteiger partial charge in [0.25, 0.3) is 0 Å². The molecule has 4 nitrogen and oxygen atoms in total. The van der Waals surface area contributed by atoms with E-state index >= 15 is 0 Å². The minimum atomic E-state index is -1.46. The van der Waals surface area contributed by atoms with Gasteiger partial charge in [0.2, 0.25) is 11.8 Å². The van der Waals surface area contributed by atoms with Gasteiger partial charge in [-0.3, -0.25) is 14.5 Å².